The SMILES string of the molecule is CC(C)CCC(C)NC(=O)CN1CCC(N)(C(=O)O)C1. The van der Waals surface area contributed by atoms with Crippen LogP contribution in [0.5, 0.6) is 0 Å². The lowest BCUT2D eigenvalue weighted by atomic mass is 10.0. The van der Waals surface area contributed by atoms with E-state index in [0.717, 1.165) is 12.8 Å². The molecule has 1 fully saturated rings. The molecule has 2 unspecified atom stereocenters. The van der Waals surface area contributed by atoms with Gasteiger partial charge in [0, 0.05) is 19.1 Å². The Hall–Kier alpha value is -1.14. The molecule has 2 atom stereocenters. The Morgan fingerprint density at radius 2 is 2.00 bits per heavy atom. The van der Waals surface area contributed by atoms with E-state index < -0.39 is 11.5 Å². The van der Waals surface area contributed by atoms with Gasteiger partial charge in [-0.1, -0.05) is 13.8 Å². The van der Waals surface area contributed by atoms with E-state index in [-0.39, 0.29) is 25.0 Å². The largest absolute Gasteiger partial charge is 0.480 e. The number of hydrogen-bond acceptors (Lipinski definition) is 4. The molecular formula is C14H27N3O3. The lowest BCUT2D eigenvalue weighted by Crippen LogP contribution is -2.51. The molecule has 6 heteroatoms. The standard InChI is InChI=1S/C14H27N3O3/c1-10(2)4-5-11(3)16-12(18)8-17-7-6-14(15,9-17)13(19)20/h10-11H,4-9,15H2,1-3H3,(H,16,18)(H,19,20). The third kappa shape index (κ3) is 5.09. The van der Waals surface area contributed by atoms with Crippen molar-refractivity contribution in [2.75, 3.05) is 19.6 Å². The Balaban J connectivity index is 2.32. The molecule has 0 spiro atoms. The molecule has 1 amide bonds. The number of aliphatic carboxylic acids is 1. The molecule has 1 heterocycles. The van der Waals surface area contributed by atoms with Gasteiger partial charge in [0.1, 0.15) is 5.54 Å². The first kappa shape index (κ1) is 16.9. The second-order valence-corrected chi connectivity index (χ2v) is 6.36. The molecule has 1 saturated heterocycles. The molecule has 20 heavy (non-hydrogen) atoms. The number of likely N-dealkylation sites (tertiary alicyclic amines) is 1. The van der Waals surface area contributed by atoms with E-state index >= 15 is 0 Å². The fourth-order valence-corrected chi connectivity index (χ4v) is 2.40. The van der Waals surface area contributed by atoms with Gasteiger partial charge in [-0.3, -0.25) is 14.5 Å². The lowest BCUT2D eigenvalue weighted by Gasteiger charge is -2.21. The normalized spacial score (nSPS) is 24.9. The van der Waals surface area contributed by atoms with Crippen LogP contribution < -0.4 is 11.1 Å². The minimum atomic E-state index is -1.20. The summed E-state index contributed by atoms with van der Waals surface area (Å²) in [5.74, 6) is -0.428. The van der Waals surface area contributed by atoms with E-state index in [1.54, 1.807) is 4.90 Å². The van der Waals surface area contributed by atoms with E-state index in [1.165, 1.54) is 0 Å². The van der Waals surface area contributed by atoms with Crippen molar-refractivity contribution < 1.29 is 14.7 Å². The molecule has 0 aliphatic carbocycles. The van der Waals surface area contributed by atoms with Crippen LogP contribution in [0.2, 0.25) is 0 Å². The van der Waals surface area contributed by atoms with Crippen LogP contribution in [0.1, 0.15) is 40.0 Å². The zero-order chi connectivity index (χ0) is 15.3. The van der Waals surface area contributed by atoms with Gasteiger partial charge in [-0.05, 0) is 32.1 Å². The molecule has 0 aromatic carbocycles. The van der Waals surface area contributed by atoms with E-state index in [2.05, 4.69) is 19.2 Å². The summed E-state index contributed by atoms with van der Waals surface area (Å²) in [6.45, 7) is 7.32. The Kier molecular flexibility index (Phi) is 5.95. The van der Waals surface area contributed by atoms with Crippen molar-refractivity contribution >= 4 is 11.9 Å². The summed E-state index contributed by atoms with van der Waals surface area (Å²) >= 11 is 0. The van der Waals surface area contributed by atoms with Crippen LogP contribution in [0.4, 0.5) is 0 Å². The van der Waals surface area contributed by atoms with Crippen molar-refractivity contribution in [3.8, 4) is 0 Å². The summed E-state index contributed by atoms with van der Waals surface area (Å²) < 4.78 is 0. The summed E-state index contributed by atoms with van der Waals surface area (Å²) in [6.07, 6.45) is 2.42. The molecule has 0 aromatic heterocycles. The number of nitrogens with zero attached hydrogens (tertiary/aromatic N) is 1. The highest BCUT2D eigenvalue weighted by Crippen LogP contribution is 2.18. The van der Waals surface area contributed by atoms with Crippen molar-refractivity contribution in [3.05, 3.63) is 0 Å². The highest BCUT2D eigenvalue weighted by molar-refractivity contribution is 5.81. The van der Waals surface area contributed by atoms with Gasteiger partial charge < -0.3 is 16.2 Å². The molecule has 0 radical (unpaired) electrons. The fraction of sp³-hybridized carbons (Fsp3) is 0.857. The van der Waals surface area contributed by atoms with Crippen LogP contribution in [0.3, 0.4) is 0 Å². The van der Waals surface area contributed by atoms with Gasteiger partial charge in [0.2, 0.25) is 5.91 Å². The average molecular weight is 285 g/mol. The number of carbonyl (C=O) groups is 2. The Bertz CT molecular complexity index is 360. The molecule has 1 aliphatic heterocycles. The van der Waals surface area contributed by atoms with Crippen LogP contribution in [-0.2, 0) is 9.59 Å². The first-order chi connectivity index (χ1) is 9.23. The van der Waals surface area contributed by atoms with Crippen LogP contribution >= 0.6 is 0 Å². The molecule has 0 aromatic rings. The van der Waals surface area contributed by atoms with E-state index in [0.29, 0.717) is 18.9 Å². The van der Waals surface area contributed by atoms with Crippen LogP contribution in [0, 0.1) is 5.92 Å². The number of amides is 1. The molecule has 1 rings (SSSR count). The molecule has 116 valence electrons. The predicted octanol–water partition coefficient (Wildman–Crippen LogP) is 0.415. The van der Waals surface area contributed by atoms with Gasteiger partial charge in [0.25, 0.3) is 0 Å². The number of carbonyl (C=O) groups excluding carboxylic acids is 1. The second kappa shape index (κ2) is 7.04. The summed E-state index contributed by atoms with van der Waals surface area (Å²) in [4.78, 5) is 24.7. The van der Waals surface area contributed by atoms with Crippen LogP contribution in [0.25, 0.3) is 0 Å². The van der Waals surface area contributed by atoms with Crippen molar-refractivity contribution in [1.29, 1.82) is 0 Å². The number of nitrogens with one attached hydrogen (secondary N) is 1. The van der Waals surface area contributed by atoms with Crippen LogP contribution in [0.15, 0.2) is 0 Å². The molecule has 0 bridgehead atoms. The maximum atomic E-state index is 11.9. The molecule has 4 N–H and O–H groups in total. The number of carboxylic acid groups (broad SMARTS) is 1. The first-order valence-electron chi connectivity index (χ1n) is 7.27. The number of nitrogens with two attached hydrogens (primary N) is 1. The summed E-state index contributed by atoms with van der Waals surface area (Å²) in [5.41, 5.74) is 4.57. The average Bonchev–Trinajstić information content (AvgIpc) is 2.69. The van der Waals surface area contributed by atoms with Gasteiger partial charge in [-0.2, -0.15) is 0 Å². The highest BCUT2D eigenvalue weighted by Gasteiger charge is 2.41. The first-order valence-corrected chi connectivity index (χ1v) is 7.27. The Morgan fingerprint density at radius 1 is 1.35 bits per heavy atom. The van der Waals surface area contributed by atoms with E-state index in [1.807, 2.05) is 6.92 Å². The molecular weight excluding hydrogens is 258 g/mol. The summed E-state index contributed by atoms with van der Waals surface area (Å²) in [5, 5.41) is 12.0. The van der Waals surface area contributed by atoms with Gasteiger partial charge in [0.15, 0.2) is 0 Å². The third-order valence-corrected chi connectivity index (χ3v) is 3.76. The lowest BCUT2D eigenvalue weighted by molar-refractivity contribution is -0.143. The highest BCUT2D eigenvalue weighted by atomic mass is 16.4. The van der Waals surface area contributed by atoms with Crippen molar-refractivity contribution in [3.63, 3.8) is 0 Å². The van der Waals surface area contributed by atoms with Crippen LogP contribution in [-0.4, -0.2) is 53.1 Å². The van der Waals surface area contributed by atoms with E-state index in [9.17, 15) is 9.59 Å². The van der Waals surface area contributed by atoms with Gasteiger partial charge in [0.05, 0.1) is 6.54 Å². The van der Waals surface area contributed by atoms with Gasteiger partial charge in [-0.15, -0.1) is 0 Å². The summed E-state index contributed by atoms with van der Waals surface area (Å²) in [6, 6.07) is 0.148. The maximum Gasteiger partial charge on any atom is 0.325 e. The van der Waals surface area contributed by atoms with Gasteiger partial charge in [-0.25, -0.2) is 0 Å². The summed E-state index contributed by atoms with van der Waals surface area (Å²) in [7, 11) is 0. The van der Waals surface area contributed by atoms with Crippen molar-refractivity contribution in [2.24, 2.45) is 11.7 Å². The zero-order valence-corrected chi connectivity index (χ0v) is 12.7. The van der Waals surface area contributed by atoms with Crippen molar-refractivity contribution in [1.82, 2.24) is 10.2 Å². The Morgan fingerprint density at radius 3 is 2.50 bits per heavy atom. The molecule has 1 aliphatic rings. The fourth-order valence-electron chi connectivity index (χ4n) is 2.40. The number of hydrogen-bond donors (Lipinski definition) is 3. The third-order valence-electron chi connectivity index (χ3n) is 3.76. The molecule has 0 saturated carbocycles. The minimum absolute atomic E-state index is 0.0594. The molecule has 6 nitrogen and oxygen atoms in total. The number of carboxylic acids is 1. The van der Waals surface area contributed by atoms with Crippen molar-refractivity contribution in [2.45, 2.75) is 51.6 Å². The smallest absolute Gasteiger partial charge is 0.325 e. The zero-order valence-electron chi connectivity index (χ0n) is 12.7. The monoisotopic (exact) mass is 285 g/mol. The Labute approximate surface area is 120 Å². The quantitative estimate of drug-likeness (QED) is 0.630. The van der Waals surface area contributed by atoms with Gasteiger partial charge >= 0.3 is 5.97 Å². The topological polar surface area (TPSA) is 95.7 Å². The number of rotatable bonds is 7. The second-order valence-electron chi connectivity index (χ2n) is 6.36. The van der Waals surface area contributed by atoms with E-state index in [4.69, 9.17) is 10.8 Å². The minimum Gasteiger partial charge on any atom is -0.480 e. The maximum absolute atomic E-state index is 11.9. The predicted molar refractivity (Wildman–Crippen MR) is 77.3 cm³/mol.